The fraction of sp³-hybridized carbons (Fsp3) is 0.205. The maximum Gasteiger partial charge on any atom is 0.262 e. The summed E-state index contributed by atoms with van der Waals surface area (Å²) in [6.45, 7) is 14.8. The van der Waals surface area contributed by atoms with Gasteiger partial charge in [0.05, 0.1) is 16.9 Å². The van der Waals surface area contributed by atoms with E-state index in [2.05, 4.69) is 154 Å². The van der Waals surface area contributed by atoms with Crippen LogP contribution in [-0.2, 0) is 6.54 Å². The fourth-order valence-corrected chi connectivity index (χ4v) is 10.2. The monoisotopic (exact) mass is 714 g/mol. The Hall–Kier alpha value is -4.46. The van der Waals surface area contributed by atoms with Gasteiger partial charge in [-0.1, -0.05) is 135 Å². The first kappa shape index (κ1) is 36.3. The van der Waals surface area contributed by atoms with Crippen molar-refractivity contribution in [1.82, 2.24) is 0 Å². The topological polar surface area (TPSA) is 7.12 Å². The normalized spacial score (nSPS) is 14.1. The highest BCUT2D eigenvalue weighted by atomic mass is 32.2. The summed E-state index contributed by atoms with van der Waals surface area (Å²) in [4.78, 5) is 3.21. The molecule has 2 nitrogen and oxygen atoms in total. The molecule has 0 spiro atoms. The molecule has 0 N–H and O–H groups in total. The molecule has 51 heavy (non-hydrogen) atoms. The minimum absolute atomic E-state index is 0.0874. The highest BCUT2D eigenvalue weighted by Gasteiger charge is 2.39. The second-order valence-corrected chi connectivity index (χ2v) is 16.2. The smallest absolute Gasteiger partial charge is 0.262 e. The molecule has 1 aliphatic heterocycles. The molecule has 2 heterocycles. The standard InChI is InChI=1S/C22H24B.C22H21F2N2S2/c1-22(2,3)23(19-13-7-4-8-14-19,20-15-9-5-10-16-20)21-17-11-6-12-18-21;1-4-25-17-12-15(23)6-8-19(17)27-21(25)10-14(3)11-22-26(5-2)18-13-16(24)7-9-20(18)28-22/h4-18H,1-3H3;6-13H,4-5H2,1-3H3/q-1;+1. The quantitative estimate of drug-likeness (QED) is 0.120. The zero-order valence-electron chi connectivity index (χ0n) is 30.2. The predicted octanol–water partition coefficient (Wildman–Crippen LogP) is 10.3. The molecule has 7 rings (SSSR count). The van der Waals surface area contributed by atoms with Gasteiger partial charge in [0.1, 0.15) is 22.9 Å². The molecule has 6 aromatic rings. The van der Waals surface area contributed by atoms with E-state index in [1.807, 2.05) is 12.1 Å². The largest absolute Gasteiger partial charge is 0.335 e. The number of allylic oxidation sites excluding steroid dienone is 2. The van der Waals surface area contributed by atoms with Crippen molar-refractivity contribution in [3.63, 3.8) is 0 Å². The van der Waals surface area contributed by atoms with E-state index in [-0.39, 0.29) is 16.9 Å². The van der Waals surface area contributed by atoms with Gasteiger partial charge in [0.15, 0.2) is 0 Å². The molecule has 0 atom stereocenters. The Kier molecular flexibility index (Phi) is 11.0. The van der Waals surface area contributed by atoms with Crippen LogP contribution in [0.4, 0.5) is 14.5 Å². The summed E-state index contributed by atoms with van der Waals surface area (Å²) in [5.41, 5.74) is 7.15. The molecule has 0 amide bonds. The Bertz CT molecular complexity index is 2080. The van der Waals surface area contributed by atoms with E-state index in [1.165, 1.54) is 28.5 Å². The zero-order valence-corrected chi connectivity index (χ0v) is 31.9. The first-order valence-electron chi connectivity index (χ1n) is 17.7. The minimum atomic E-state index is -1.06. The van der Waals surface area contributed by atoms with Gasteiger partial charge in [0.2, 0.25) is 5.52 Å². The van der Waals surface area contributed by atoms with Gasteiger partial charge >= 0.3 is 0 Å². The van der Waals surface area contributed by atoms with Crippen LogP contribution in [0.3, 0.4) is 0 Å². The molecule has 0 saturated carbocycles. The Balaban J connectivity index is 0.000000179. The lowest BCUT2D eigenvalue weighted by Gasteiger charge is -2.54. The van der Waals surface area contributed by atoms with Crippen molar-refractivity contribution < 1.29 is 13.3 Å². The van der Waals surface area contributed by atoms with Crippen LogP contribution in [-0.4, -0.2) is 12.7 Å². The van der Waals surface area contributed by atoms with Crippen molar-refractivity contribution in [1.29, 1.82) is 0 Å². The number of hydrogen-bond acceptors (Lipinski definition) is 3. The number of anilines is 1. The van der Waals surface area contributed by atoms with E-state index >= 15 is 0 Å². The van der Waals surface area contributed by atoms with Gasteiger partial charge in [-0.3, -0.25) is 0 Å². The van der Waals surface area contributed by atoms with Crippen molar-refractivity contribution in [2.45, 2.75) is 58.3 Å². The number of hydrogen-bond donors (Lipinski definition) is 0. The van der Waals surface area contributed by atoms with E-state index in [0.29, 0.717) is 0 Å². The van der Waals surface area contributed by atoms with Crippen LogP contribution in [0.15, 0.2) is 149 Å². The Labute approximate surface area is 310 Å². The van der Waals surface area contributed by atoms with Crippen LogP contribution in [0.2, 0.25) is 5.31 Å². The van der Waals surface area contributed by atoms with E-state index in [0.717, 1.165) is 49.5 Å². The molecule has 0 fully saturated rings. The average molecular weight is 715 g/mol. The third-order valence-corrected chi connectivity index (χ3v) is 12.1. The van der Waals surface area contributed by atoms with E-state index in [9.17, 15) is 8.78 Å². The van der Waals surface area contributed by atoms with E-state index in [1.54, 1.807) is 35.2 Å². The van der Waals surface area contributed by atoms with Gasteiger partial charge in [-0.2, -0.15) is 21.0 Å². The number of rotatable bonds is 7. The molecular formula is C44H45BF2N2S2. The van der Waals surface area contributed by atoms with E-state index < -0.39 is 6.15 Å². The van der Waals surface area contributed by atoms with Crippen molar-refractivity contribution in [2.24, 2.45) is 0 Å². The maximum absolute atomic E-state index is 13.7. The summed E-state index contributed by atoms with van der Waals surface area (Å²) in [5, 5.41) is 2.27. The number of benzene rings is 5. The fourth-order valence-electron chi connectivity index (χ4n) is 7.75. The molecule has 0 aliphatic carbocycles. The number of fused-ring (bicyclic) bond motifs is 2. The number of aromatic nitrogens is 1. The zero-order chi connectivity index (χ0) is 36.2. The maximum atomic E-state index is 13.7. The highest BCUT2D eigenvalue weighted by molar-refractivity contribution is 8.03. The van der Waals surface area contributed by atoms with Gasteiger partial charge in [-0.25, -0.2) is 8.78 Å². The Morgan fingerprint density at radius 3 is 1.78 bits per heavy atom. The van der Waals surface area contributed by atoms with Crippen LogP contribution >= 0.6 is 23.1 Å². The van der Waals surface area contributed by atoms with Gasteiger partial charge in [-0.15, -0.1) is 5.31 Å². The van der Waals surface area contributed by atoms with Crippen LogP contribution in [0.25, 0.3) is 16.3 Å². The molecule has 1 aromatic heterocycles. The SMILES string of the molecule is CC(C)(C)[B-](c1ccccc1)(c1ccccc1)c1ccccc1.CCN1/C(=C/C(C)=C/c2sc3ccc(F)cc3[n+]2CC)Sc2ccc(F)cc21. The molecule has 7 heteroatoms. The van der Waals surface area contributed by atoms with Crippen molar-refractivity contribution in [3.8, 4) is 0 Å². The van der Waals surface area contributed by atoms with Crippen molar-refractivity contribution in [3.05, 3.63) is 161 Å². The predicted molar refractivity (Wildman–Crippen MR) is 218 cm³/mol. The molecule has 0 saturated heterocycles. The van der Waals surface area contributed by atoms with Crippen LogP contribution < -0.4 is 25.9 Å². The third kappa shape index (κ3) is 7.33. The molecule has 260 valence electrons. The summed E-state index contributed by atoms with van der Waals surface area (Å²) >= 11 is 3.32. The van der Waals surface area contributed by atoms with E-state index in [4.69, 9.17) is 0 Å². The van der Waals surface area contributed by atoms with Crippen LogP contribution in [0.5, 0.6) is 0 Å². The molecule has 0 unspecified atom stereocenters. The van der Waals surface area contributed by atoms with Crippen molar-refractivity contribution >= 4 is 67.6 Å². The van der Waals surface area contributed by atoms with Gasteiger partial charge in [0.25, 0.3) is 5.01 Å². The molecular weight excluding hydrogens is 669 g/mol. The summed E-state index contributed by atoms with van der Waals surface area (Å²) in [6, 6.07) is 42.8. The average Bonchev–Trinajstić information content (AvgIpc) is 3.64. The summed E-state index contributed by atoms with van der Waals surface area (Å²) in [5.74, 6) is -0.430. The Morgan fingerprint density at radius 2 is 1.27 bits per heavy atom. The number of nitrogens with zero attached hydrogens (tertiary/aromatic N) is 2. The molecule has 0 radical (unpaired) electrons. The summed E-state index contributed by atoms with van der Waals surface area (Å²) in [7, 11) is 0. The highest BCUT2D eigenvalue weighted by Crippen LogP contribution is 2.46. The lowest BCUT2D eigenvalue weighted by molar-refractivity contribution is -0.665. The lowest BCUT2D eigenvalue weighted by Crippen LogP contribution is -2.72. The lowest BCUT2D eigenvalue weighted by atomic mass is 9.07. The first-order chi connectivity index (χ1) is 24.6. The van der Waals surface area contributed by atoms with Crippen LogP contribution in [0, 0.1) is 11.6 Å². The summed E-state index contributed by atoms with van der Waals surface area (Å²) < 4.78 is 30.5. The second kappa shape index (κ2) is 15.4. The number of thioether (sulfide) groups is 1. The number of aryl methyl sites for hydroxylation is 1. The Morgan fingerprint density at radius 1 is 0.745 bits per heavy atom. The van der Waals surface area contributed by atoms with Gasteiger partial charge in [0, 0.05) is 23.6 Å². The number of halogens is 2. The molecule has 1 aliphatic rings. The first-order valence-corrected chi connectivity index (χ1v) is 19.3. The van der Waals surface area contributed by atoms with Gasteiger partial charge in [-0.05, 0) is 62.8 Å². The molecule has 0 bridgehead atoms. The minimum Gasteiger partial charge on any atom is -0.335 e. The van der Waals surface area contributed by atoms with Crippen LogP contribution in [0.1, 0.15) is 46.6 Å². The van der Waals surface area contributed by atoms with Crippen molar-refractivity contribution in [2.75, 3.05) is 11.4 Å². The second-order valence-electron chi connectivity index (χ2n) is 14.1. The number of thiazole rings is 1. The third-order valence-electron chi connectivity index (χ3n) is 9.92. The van der Waals surface area contributed by atoms with Gasteiger partial charge < -0.3 is 4.90 Å². The molecule has 5 aromatic carbocycles. The summed E-state index contributed by atoms with van der Waals surface area (Å²) in [6.07, 6.45) is 3.21.